The van der Waals surface area contributed by atoms with Gasteiger partial charge in [-0.2, -0.15) is 20.5 Å². The van der Waals surface area contributed by atoms with E-state index in [-0.39, 0.29) is 26.5 Å². The Labute approximate surface area is 208 Å². The number of nitriles is 1. The maximum atomic E-state index is 9.37. The summed E-state index contributed by atoms with van der Waals surface area (Å²) >= 11 is 0. The summed E-state index contributed by atoms with van der Waals surface area (Å²) in [5.74, 6) is 0. The fraction of sp³-hybridized carbons (Fsp3) is 0.143. The zero-order chi connectivity index (χ0) is 22.3. The molecule has 5 heteroatoms. The molecule has 0 saturated carbocycles. The minimum atomic E-state index is -0.255. The van der Waals surface area contributed by atoms with Gasteiger partial charge in [0.15, 0.2) is 11.4 Å². The van der Waals surface area contributed by atoms with E-state index in [1.807, 2.05) is 18.2 Å². The minimum absolute atomic E-state index is 0. The van der Waals surface area contributed by atoms with Crippen LogP contribution >= 0.6 is 0 Å². The molecule has 1 aliphatic rings. The Morgan fingerprint density at radius 2 is 1.48 bits per heavy atom. The Bertz CT molecular complexity index is 1350. The predicted molar refractivity (Wildman–Crippen MR) is 120 cm³/mol. The van der Waals surface area contributed by atoms with Gasteiger partial charge < -0.3 is 0 Å². The molecule has 2 aromatic carbocycles. The first-order chi connectivity index (χ1) is 15.5. The first-order valence-corrected chi connectivity index (χ1v) is 10.4. The first kappa shape index (κ1) is 22.6. The van der Waals surface area contributed by atoms with E-state index in [0.717, 1.165) is 22.5 Å². The Morgan fingerprint density at radius 3 is 2.06 bits per heavy atom. The number of nitrogens with zero attached hydrogens (tertiary/aromatic N) is 4. The van der Waals surface area contributed by atoms with Crippen LogP contribution in [0.1, 0.15) is 30.8 Å². The molecular formula is C28H20N4Pt+2. The van der Waals surface area contributed by atoms with Gasteiger partial charge in [-0.25, -0.2) is 0 Å². The minimum Gasteiger partial charge on any atom is -0.259 e. The van der Waals surface area contributed by atoms with Crippen LogP contribution in [0.5, 0.6) is 0 Å². The molecule has 1 aliphatic heterocycles. The van der Waals surface area contributed by atoms with E-state index in [9.17, 15) is 5.26 Å². The van der Waals surface area contributed by atoms with E-state index in [4.69, 9.17) is 6.57 Å². The molecule has 0 spiro atoms. The molecule has 0 fully saturated rings. The molecule has 5 rings (SSSR count). The molecule has 0 N–H and O–H groups in total. The van der Waals surface area contributed by atoms with E-state index in [2.05, 4.69) is 82.4 Å². The molecule has 0 unspecified atom stereocenters. The molecule has 33 heavy (non-hydrogen) atoms. The van der Waals surface area contributed by atoms with Gasteiger partial charge in [0.2, 0.25) is 0 Å². The van der Waals surface area contributed by atoms with Crippen molar-refractivity contribution in [3.63, 3.8) is 0 Å². The summed E-state index contributed by atoms with van der Waals surface area (Å²) in [6.07, 6.45) is 0. The van der Waals surface area contributed by atoms with Gasteiger partial charge in [-0.1, -0.05) is 23.3 Å². The van der Waals surface area contributed by atoms with E-state index >= 15 is 0 Å². The van der Waals surface area contributed by atoms with Crippen molar-refractivity contribution in [2.24, 2.45) is 0 Å². The first-order valence-electron chi connectivity index (χ1n) is 10.4. The molecule has 0 atom stereocenters. The normalized spacial score (nSPS) is 13.0. The molecule has 0 amide bonds. The molecule has 2 aromatic heterocycles. The average Bonchev–Trinajstić information content (AvgIpc) is 2.83. The zero-order valence-electron chi connectivity index (χ0n) is 18.2. The average molecular weight is 608 g/mol. The van der Waals surface area contributed by atoms with Crippen LogP contribution in [0.15, 0.2) is 72.8 Å². The monoisotopic (exact) mass is 607 g/mol. The topological polar surface area (TPSA) is 35.9 Å². The van der Waals surface area contributed by atoms with Crippen molar-refractivity contribution in [1.29, 1.82) is 5.26 Å². The molecule has 4 aromatic rings. The molecule has 0 aliphatic carbocycles. The van der Waals surface area contributed by atoms with Crippen LogP contribution in [-0.4, -0.2) is 0 Å². The molecule has 160 valence electrons. The third kappa shape index (κ3) is 3.78. The van der Waals surface area contributed by atoms with E-state index < -0.39 is 0 Å². The molecule has 3 heterocycles. The van der Waals surface area contributed by atoms with Gasteiger partial charge in [-0.3, -0.25) is 4.85 Å². The molecule has 4 nitrogen and oxygen atoms in total. The largest absolute Gasteiger partial charge is 2.00 e. The van der Waals surface area contributed by atoms with Crippen molar-refractivity contribution in [3.05, 3.63) is 113 Å². The van der Waals surface area contributed by atoms with Crippen LogP contribution in [0.3, 0.4) is 0 Å². The summed E-state index contributed by atoms with van der Waals surface area (Å²) in [7, 11) is 0. The van der Waals surface area contributed by atoms with Crippen molar-refractivity contribution in [2.75, 3.05) is 0 Å². The summed E-state index contributed by atoms with van der Waals surface area (Å²) in [5, 5.41) is 9.37. The van der Waals surface area contributed by atoms with Crippen LogP contribution in [-0.2, 0) is 33.1 Å². The SMILES string of the molecule is [C-]#[N+]c1cc[c-]c(-c2cccc3[n+]2C[n+]2c(-c4[c-]ccc(C#N)c4)cccc2C3(C)C)c1.[Pt+2]. The second kappa shape index (κ2) is 8.74. The third-order valence-corrected chi connectivity index (χ3v) is 6.14. The number of rotatable bonds is 2. The zero-order valence-corrected chi connectivity index (χ0v) is 20.5. The summed E-state index contributed by atoms with van der Waals surface area (Å²) in [6, 6.07) is 32.4. The van der Waals surface area contributed by atoms with Gasteiger partial charge in [0.1, 0.15) is 22.5 Å². The molecular weight excluding hydrogens is 587 g/mol. The Hall–Kier alpha value is -3.59. The standard InChI is InChI=1S/C28H20N4.Pt/c1-28(2)26-14-6-12-24(21-9-4-8-20(16-21)18-29)31(26)19-32-25(13-7-15-27(28)32)22-10-5-11-23(17-22)30-3;/h4-8,11-17H,19H2,1-2H3;/q;+2. The van der Waals surface area contributed by atoms with Gasteiger partial charge in [0, 0.05) is 12.1 Å². The number of aromatic nitrogens is 2. The van der Waals surface area contributed by atoms with Crippen LogP contribution < -0.4 is 9.13 Å². The number of pyridine rings is 2. The van der Waals surface area contributed by atoms with Gasteiger partial charge in [-0.15, -0.1) is 42.5 Å². The summed E-state index contributed by atoms with van der Waals surface area (Å²) in [4.78, 5) is 3.59. The van der Waals surface area contributed by atoms with E-state index in [1.54, 1.807) is 18.2 Å². The smallest absolute Gasteiger partial charge is 0.259 e. The van der Waals surface area contributed by atoms with Crippen molar-refractivity contribution >= 4 is 5.69 Å². The quantitative estimate of drug-likeness (QED) is 0.239. The van der Waals surface area contributed by atoms with Gasteiger partial charge in [0.05, 0.1) is 12.6 Å². The number of fused-ring (bicyclic) bond motifs is 2. The number of hydrogen-bond donors (Lipinski definition) is 0. The maximum absolute atomic E-state index is 9.37. The van der Waals surface area contributed by atoms with Crippen LogP contribution in [0, 0.1) is 30.0 Å². The Balaban J connectivity index is 0.00000259. The van der Waals surface area contributed by atoms with Gasteiger partial charge in [-0.05, 0) is 31.5 Å². The van der Waals surface area contributed by atoms with Crippen molar-refractivity contribution in [1.82, 2.24) is 0 Å². The van der Waals surface area contributed by atoms with E-state index in [1.165, 1.54) is 11.4 Å². The van der Waals surface area contributed by atoms with Crippen molar-refractivity contribution in [3.8, 4) is 28.6 Å². The van der Waals surface area contributed by atoms with Crippen LogP contribution in [0.25, 0.3) is 27.4 Å². The van der Waals surface area contributed by atoms with Gasteiger partial charge >= 0.3 is 27.7 Å². The maximum Gasteiger partial charge on any atom is 2.00 e. The van der Waals surface area contributed by atoms with E-state index in [0.29, 0.717) is 17.9 Å². The third-order valence-electron chi connectivity index (χ3n) is 6.14. The molecule has 0 radical (unpaired) electrons. The Kier molecular flexibility index (Phi) is 5.99. The van der Waals surface area contributed by atoms with Crippen molar-refractivity contribution in [2.45, 2.75) is 25.9 Å². The second-order valence-corrected chi connectivity index (χ2v) is 8.39. The fourth-order valence-electron chi connectivity index (χ4n) is 4.58. The van der Waals surface area contributed by atoms with Crippen LogP contribution in [0.2, 0.25) is 0 Å². The number of hydrogen-bond acceptors (Lipinski definition) is 1. The predicted octanol–water partition coefficient (Wildman–Crippen LogP) is 4.76. The Morgan fingerprint density at radius 1 is 0.909 bits per heavy atom. The van der Waals surface area contributed by atoms with Crippen molar-refractivity contribution < 1.29 is 30.2 Å². The van der Waals surface area contributed by atoms with Gasteiger partial charge in [0.25, 0.3) is 0 Å². The summed E-state index contributed by atoms with van der Waals surface area (Å²) in [5.41, 5.74) is 7.18. The second-order valence-electron chi connectivity index (χ2n) is 8.39. The molecule has 0 bridgehead atoms. The van der Waals surface area contributed by atoms with Crippen LogP contribution in [0.4, 0.5) is 5.69 Å². The fourth-order valence-corrected chi connectivity index (χ4v) is 4.58. The molecule has 0 saturated heterocycles. The summed E-state index contributed by atoms with van der Waals surface area (Å²) in [6.45, 7) is 12.4. The summed E-state index contributed by atoms with van der Waals surface area (Å²) < 4.78 is 4.59. The number of benzene rings is 2.